The molecular weight excluding hydrogens is 773 g/mol. The molecule has 64 heavy (non-hydrogen) atoms. The van der Waals surface area contributed by atoms with Gasteiger partial charge in [-0.1, -0.05) is 148 Å². The van der Waals surface area contributed by atoms with Gasteiger partial charge in [0.1, 0.15) is 0 Å². The minimum atomic E-state index is 0.685. The molecule has 0 N–H and O–H groups in total. The average Bonchev–Trinajstić information content (AvgIpc) is 4.23. The predicted molar refractivity (Wildman–Crippen MR) is 273 cm³/mol. The zero-order valence-corrected chi connectivity index (χ0v) is 37.5. The van der Waals surface area contributed by atoms with Gasteiger partial charge >= 0.3 is 0 Å². The SMILES string of the molecule is c1ccc2c(c1)c(N(c1ccc(C3CCCC3)cc1)c1ccc(C3CCCC3)cc1)cc1c3ccccc3c(N(c3ccc(C4CCCC4)cc3)c3ccc(C4CCCC4)cc3)cc21. The number of anilines is 6. The number of hydrogen-bond donors (Lipinski definition) is 0. The van der Waals surface area contributed by atoms with E-state index in [1.807, 2.05) is 0 Å². The highest BCUT2D eigenvalue weighted by atomic mass is 15.2. The molecule has 4 fully saturated rings. The first kappa shape index (κ1) is 39.7. The van der Waals surface area contributed by atoms with Crippen molar-refractivity contribution in [2.24, 2.45) is 0 Å². The Balaban J connectivity index is 1.04. The van der Waals surface area contributed by atoms with Crippen LogP contribution in [-0.2, 0) is 0 Å². The normalized spacial score (nSPS) is 17.7. The molecule has 2 heteroatoms. The third kappa shape index (κ3) is 7.37. The van der Waals surface area contributed by atoms with Gasteiger partial charge in [0.15, 0.2) is 0 Å². The van der Waals surface area contributed by atoms with Gasteiger partial charge < -0.3 is 9.80 Å². The van der Waals surface area contributed by atoms with Crippen molar-refractivity contribution in [1.82, 2.24) is 0 Å². The van der Waals surface area contributed by atoms with Crippen LogP contribution in [0.2, 0.25) is 0 Å². The molecule has 0 spiro atoms. The molecule has 4 aliphatic rings. The van der Waals surface area contributed by atoms with Crippen LogP contribution in [0.5, 0.6) is 0 Å². The van der Waals surface area contributed by atoms with Gasteiger partial charge in [-0.05, 0) is 180 Å². The zero-order chi connectivity index (χ0) is 42.4. The van der Waals surface area contributed by atoms with Crippen LogP contribution in [0, 0.1) is 0 Å². The van der Waals surface area contributed by atoms with E-state index < -0.39 is 0 Å². The predicted octanol–water partition coefficient (Wildman–Crippen LogP) is 18.7. The molecule has 0 amide bonds. The second kappa shape index (κ2) is 17.3. The quantitative estimate of drug-likeness (QED) is 0.127. The molecule has 2 nitrogen and oxygen atoms in total. The number of rotatable bonds is 10. The minimum Gasteiger partial charge on any atom is -0.310 e. The van der Waals surface area contributed by atoms with Crippen molar-refractivity contribution in [1.29, 1.82) is 0 Å². The first-order valence-corrected chi connectivity index (χ1v) is 25.1. The lowest BCUT2D eigenvalue weighted by atomic mass is 9.92. The lowest BCUT2D eigenvalue weighted by Crippen LogP contribution is -2.12. The summed E-state index contributed by atoms with van der Waals surface area (Å²) < 4.78 is 0. The van der Waals surface area contributed by atoms with Gasteiger partial charge in [0.25, 0.3) is 0 Å². The van der Waals surface area contributed by atoms with Crippen LogP contribution in [0.4, 0.5) is 34.1 Å². The summed E-state index contributed by atoms with van der Waals surface area (Å²) >= 11 is 0. The second-order valence-corrected chi connectivity index (χ2v) is 19.9. The summed E-state index contributed by atoms with van der Waals surface area (Å²) in [5.74, 6) is 2.74. The van der Waals surface area contributed by atoms with Gasteiger partial charge in [-0.15, -0.1) is 0 Å². The Morgan fingerprint density at radius 2 is 0.484 bits per heavy atom. The molecule has 0 atom stereocenters. The maximum Gasteiger partial charge on any atom is 0.0546 e. The smallest absolute Gasteiger partial charge is 0.0546 e. The van der Waals surface area contributed by atoms with E-state index in [0.29, 0.717) is 23.7 Å². The van der Waals surface area contributed by atoms with Gasteiger partial charge in [0.2, 0.25) is 0 Å². The molecule has 320 valence electrons. The van der Waals surface area contributed by atoms with Crippen LogP contribution in [0.1, 0.15) is 149 Å². The molecule has 8 aromatic rings. The topological polar surface area (TPSA) is 6.48 Å². The monoisotopic (exact) mass is 834 g/mol. The first-order valence-electron chi connectivity index (χ1n) is 25.1. The van der Waals surface area contributed by atoms with Crippen molar-refractivity contribution >= 4 is 66.4 Å². The van der Waals surface area contributed by atoms with Gasteiger partial charge in [0, 0.05) is 33.5 Å². The summed E-state index contributed by atoms with van der Waals surface area (Å²) in [7, 11) is 0. The number of nitrogens with zero attached hydrogens (tertiary/aromatic N) is 2. The van der Waals surface area contributed by atoms with Crippen LogP contribution in [0.15, 0.2) is 158 Å². The van der Waals surface area contributed by atoms with Crippen molar-refractivity contribution < 1.29 is 0 Å². The molecule has 0 unspecified atom stereocenters. The van der Waals surface area contributed by atoms with Gasteiger partial charge in [-0.25, -0.2) is 0 Å². The molecule has 8 aromatic carbocycles. The molecular formula is C62H62N2. The molecule has 4 aliphatic carbocycles. The average molecular weight is 835 g/mol. The Labute approximate surface area is 380 Å². The fourth-order valence-corrected chi connectivity index (χ4v) is 12.8. The van der Waals surface area contributed by atoms with E-state index in [4.69, 9.17) is 0 Å². The third-order valence-electron chi connectivity index (χ3n) is 16.2. The molecule has 0 radical (unpaired) electrons. The summed E-state index contributed by atoms with van der Waals surface area (Å²) in [6.07, 6.45) is 21.3. The Morgan fingerprint density at radius 3 is 0.734 bits per heavy atom. The molecule has 0 aromatic heterocycles. The van der Waals surface area contributed by atoms with Crippen LogP contribution in [0.3, 0.4) is 0 Å². The summed E-state index contributed by atoms with van der Waals surface area (Å²) in [5.41, 5.74) is 13.3. The van der Waals surface area contributed by atoms with Gasteiger partial charge in [-0.2, -0.15) is 0 Å². The standard InChI is InChI=1S/C62H62N2/c1-2-14-43(13-1)47-25-33-51(34-26-47)63(52-35-27-48(28-36-52)44-15-3-4-16-44)61-41-59-56-22-10-12-24-58(56)62(42-60(59)55-21-9-11-23-57(55)61)64(53-37-29-49(30-38-53)45-17-5-6-18-45)54-39-31-50(32-40-54)46-19-7-8-20-46/h9-12,21-46H,1-8,13-20H2. The molecule has 0 aliphatic heterocycles. The van der Waals surface area contributed by atoms with E-state index in [1.165, 1.54) is 191 Å². The summed E-state index contributed by atoms with van der Waals surface area (Å²) in [6, 6.07) is 61.9. The highest BCUT2D eigenvalue weighted by molar-refractivity contribution is 6.24. The van der Waals surface area contributed by atoms with E-state index >= 15 is 0 Å². The van der Waals surface area contributed by atoms with Crippen LogP contribution < -0.4 is 9.80 Å². The maximum atomic E-state index is 2.55. The molecule has 0 bridgehead atoms. The fourth-order valence-electron chi connectivity index (χ4n) is 12.8. The molecule has 4 saturated carbocycles. The summed E-state index contributed by atoms with van der Waals surface area (Å²) in [6.45, 7) is 0. The Kier molecular flexibility index (Phi) is 10.7. The minimum absolute atomic E-state index is 0.685. The van der Waals surface area contributed by atoms with E-state index in [0.717, 1.165) is 0 Å². The van der Waals surface area contributed by atoms with Crippen molar-refractivity contribution in [3.05, 3.63) is 180 Å². The third-order valence-corrected chi connectivity index (χ3v) is 16.2. The Morgan fingerprint density at radius 1 is 0.250 bits per heavy atom. The number of hydrogen-bond acceptors (Lipinski definition) is 2. The summed E-state index contributed by atoms with van der Waals surface area (Å²) in [5, 5.41) is 7.68. The van der Waals surface area contributed by atoms with Crippen LogP contribution in [0.25, 0.3) is 32.3 Å². The first-order chi connectivity index (χ1) is 31.7. The largest absolute Gasteiger partial charge is 0.310 e. The van der Waals surface area contributed by atoms with E-state index in [-0.39, 0.29) is 0 Å². The Hall–Kier alpha value is -5.86. The lowest BCUT2D eigenvalue weighted by molar-refractivity contribution is 0.723. The molecule has 12 rings (SSSR count). The van der Waals surface area contributed by atoms with E-state index in [1.54, 1.807) is 0 Å². The molecule has 0 heterocycles. The van der Waals surface area contributed by atoms with E-state index in [9.17, 15) is 0 Å². The van der Waals surface area contributed by atoms with Gasteiger partial charge in [0.05, 0.1) is 11.4 Å². The summed E-state index contributed by atoms with van der Waals surface area (Å²) in [4.78, 5) is 5.09. The van der Waals surface area contributed by atoms with Crippen molar-refractivity contribution in [2.75, 3.05) is 9.80 Å². The lowest BCUT2D eigenvalue weighted by Gasteiger charge is -2.30. The van der Waals surface area contributed by atoms with Crippen molar-refractivity contribution in [3.63, 3.8) is 0 Å². The molecule has 0 saturated heterocycles. The highest BCUT2D eigenvalue weighted by Gasteiger charge is 2.26. The fraction of sp³-hybridized carbons (Fsp3) is 0.323. The second-order valence-electron chi connectivity index (χ2n) is 19.9. The van der Waals surface area contributed by atoms with E-state index in [2.05, 4.69) is 168 Å². The zero-order valence-electron chi connectivity index (χ0n) is 37.5. The maximum absolute atomic E-state index is 2.55. The van der Waals surface area contributed by atoms with Crippen LogP contribution >= 0.6 is 0 Å². The van der Waals surface area contributed by atoms with Crippen molar-refractivity contribution in [3.8, 4) is 0 Å². The number of fused-ring (bicyclic) bond motifs is 5. The van der Waals surface area contributed by atoms with Gasteiger partial charge in [-0.3, -0.25) is 0 Å². The highest BCUT2D eigenvalue weighted by Crippen LogP contribution is 2.49. The Bertz CT molecular complexity index is 2560. The number of benzene rings is 8. The van der Waals surface area contributed by atoms with Crippen molar-refractivity contribution in [2.45, 2.75) is 126 Å². The van der Waals surface area contributed by atoms with Crippen LogP contribution in [-0.4, -0.2) is 0 Å².